The highest BCUT2D eigenvalue weighted by Gasteiger charge is 2.29. The summed E-state index contributed by atoms with van der Waals surface area (Å²) in [4.78, 5) is 13.4. The Balaban J connectivity index is 1.97. The van der Waals surface area contributed by atoms with Gasteiger partial charge in [-0.05, 0) is 17.7 Å². The van der Waals surface area contributed by atoms with Crippen molar-refractivity contribution in [2.75, 3.05) is 5.32 Å². The molecular formula is C20H12F5NOS. The van der Waals surface area contributed by atoms with Crippen molar-refractivity contribution >= 4 is 23.4 Å². The summed E-state index contributed by atoms with van der Waals surface area (Å²) < 4.78 is 67.8. The SMILES string of the molecule is O=C(Nc1c(F)c(F)c(F)c(F)c1F)[C@H](Sc1ccccc1)c1ccccc1. The van der Waals surface area contributed by atoms with Gasteiger partial charge < -0.3 is 5.32 Å². The van der Waals surface area contributed by atoms with Gasteiger partial charge in [-0.3, -0.25) is 4.79 Å². The first-order valence-electron chi connectivity index (χ1n) is 7.99. The van der Waals surface area contributed by atoms with Crippen molar-refractivity contribution in [3.8, 4) is 0 Å². The number of hydrogen-bond donors (Lipinski definition) is 1. The second kappa shape index (κ2) is 8.43. The molecule has 0 radical (unpaired) electrons. The van der Waals surface area contributed by atoms with E-state index in [1.165, 1.54) is 0 Å². The van der Waals surface area contributed by atoms with Crippen molar-refractivity contribution in [3.05, 3.63) is 95.3 Å². The predicted octanol–water partition coefficient (Wildman–Crippen LogP) is 5.85. The highest BCUT2D eigenvalue weighted by Crippen LogP contribution is 2.37. The van der Waals surface area contributed by atoms with E-state index in [0.717, 1.165) is 11.8 Å². The smallest absolute Gasteiger partial charge is 0.242 e. The number of halogens is 5. The number of hydrogen-bond acceptors (Lipinski definition) is 2. The van der Waals surface area contributed by atoms with E-state index in [9.17, 15) is 26.7 Å². The number of thioether (sulfide) groups is 1. The molecule has 0 spiro atoms. The average Bonchev–Trinajstić information content (AvgIpc) is 2.73. The zero-order valence-corrected chi connectivity index (χ0v) is 14.9. The summed E-state index contributed by atoms with van der Waals surface area (Å²) in [5.41, 5.74) is -0.881. The van der Waals surface area contributed by atoms with Crippen LogP contribution in [0.15, 0.2) is 65.6 Å². The fraction of sp³-hybridized carbons (Fsp3) is 0.0500. The van der Waals surface area contributed by atoms with Crippen molar-refractivity contribution in [2.24, 2.45) is 0 Å². The maximum absolute atomic E-state index is 13.9. The molecule has 0 aliphatic rings. The van der Waals surface area contributed by atoms with Gasteiger partial charge in [-0.25, -0.2) is 22.0 Å². The molecule has 0 heterocycles. The van der Waals surface area contributed by atoms with Crippen molar-refractivity contribution in [1.82, 2.24) is 0 Å². The zero-order valence-electron chi connectivity index (χ0n) is 14.1. The molecule has 3 rings (SSSR count). The van der Waals surface area contributed by atoms with Crippen LogP contribution in [0.25, 0.3) is 0 Å². The third-order valence-electron chi connectivity index (χ3n) is 3.80. The summed E-state index contributed by atoms with van der Waals surface area (Å²) in [7, 11) is 0. The maximum Gasteiger partial charge on any atom is 0.242 e. The quantitative estimate of drug-likeness (QED) is 0.248. The number of nitrogens with one attached hydrogen (secondary N) is 1. The Bertz CT molecular complexity index is 969. The molecular weight excluding hydrogens is 397 g/mol. The minimum atomic E-state index is -2.29. The van der Waals surface area contributed by atoms with Crippen LogP contribution in [-0.2, 0) is 4.79 Å². The van der Waals surface area contributed by atoms with Crippen LogP contribution in [0.2, 0.25) is 0 Å². The van der Waals surface area contributed by atoms with Crippen molar-refractivity contribution < 1.29 is 26.7 Å². The molecule has 0 fully saturated rings. The van der Waals surface area contributed by atoms with Gasteiger partial charge in [-0.1, -0.05) is 48.5 Å². The summed E-state index contributed by atoms with van der Waals surface area (Å²) >= 11 is 1.07. The fourth-order valence-corrected chi connectivity index (χ4v) is 3.48. The maximum atomic E-state index is 13.9. The second-order valence-corrected chi connectivity index (χ2v) is 6.83. The Kier molecular flexibility index (Phi) is 5.99. The van der Waals surface area contributed by atoms with Gasteiger partial charge >= 0.3 is 0 Å². The minimum Gasteiger partial charge on any atom is -0.320 e. The first-order valence-corrected chi connectivity index (χ1v) is 8.87. The lowest BCUT2D eigenvalue weighted by Crippen LogP contribution is -2.22. The molecule has 8 heteroatoms. The Morgan fingerprint density at radius 2 is 1.18 bits per heavy atom. The molecule has 1 atom stereocenters. The second-order valence-electron chi connectivity index (χ2n) is 5.66. The molecule has 1 amide bonds. The van der Waals surface area contributed by atoms with Crippen molar-refractivity contribution in [1.29, 1.82) is 0 Å². The van der Waals surface area contributed by atoms with Gasteiger partial charge in [0.1, 0.15) is 10.9 Å². The third kappa shape index (κ3) is 4.01. The highest BCUT2D eigenvalue weighted by atomic mass is 32.2. The van der Waals surface area contributed by atoms with Crippen LogP contribution in [0, 0.1) is 29.1 Å². The van der Waals surface area contributed by atoms with Gasteiger partial charge in [0, 0.05) is 4.90 Å². The van der Waals surface area contributed by atoms with Crippen molar-refractivity contribution in [3.63, 3.8) is 0 Å². The summed E-state index contributed by atoms with van der Waals surface area (Å²) in [6.45, 7) is 0. The van der Waals surface area contributed by atoms with Crippen LogP contribution in [-0.4, -0.2) is 5.91 Å². The van der Waals surface area contributed by atoms with E-state index in [-0.39, 0.29) is 0 Å². The molecule has 28 heavy (non-hydrogen) atoms. The lowest BCUT2D eigenvalue weighted by atomic mass is 10.1. The van der Waals surface area contributed by atoms with Crippen LogP contribution in [0.1, 0.15) is 10.8 Å². The Morgan fingerprint density at radius 3 is 1.71 bits per heavy atom. The Hall–Kier alpha value is -2.87. The van der Waals surface area contributed by atoms with Gasteiger partial charge in [0.25, 0.3) is 0 Å². The monoisotopic (exact) mass is 409 g/mol. The normalized spacial score (nSPS) is 11.9. The van der Waals surface area contributed by atoms with Gasteiger partial charge in [-0.2, -0.15) is 0 Å². The molecule has 2 nitrogen and oxygen atoms in total. The van der Waals surface area contributed by atoms with E-state index in [2.05, 4.69) is 0 Å². The fourth-order valence-electron chi connectivity index (χ4n) is 2.44. The average molecular weight is 409 g/mol. The number of rotatable bonds is 5. The molecule has 0 aliphatic heterocycles. The number of amides is 1. The third-order valence-corrected chi connectivity index (χ3v) is 5.06. The first-order chi connectivity index (χ1) is 13.4. The molecule has 0 unspecified atom stereocenters. The van der Waals surface area contributed by atoms with Gasteiger partial charge in [-0.15, -0.1) is 11.8 Å². The lowest BCUT2D eigenvalue weighted by Gasteiger charge is -2.18. The zero-order chi connectivity index (χ0) is 20.3. The Morgan fingerprint density at radius 1 is 0.714 bits per heavy atom. The summed E-state index contributed by atoms with van der Waals surface area (Å²) in [6, 6.07) is 17.0. The van der Waals surface area contributed by atoms with E-state index < -0.39 is 45.9 Å². The summed E-state index contributed by atoms with van der Waals surface area (Å²) in [5, 5.41) is 0.862. The van der Waals surface area contributed by atoms with E-state index in [4.69, 9.17) is 0 Å². The molecule has 0 saturated heterocycles. The Labute approximate surface area is 161 Å². The predicted molar refractivity (Wildman–Crippen MR) is 96.3 cm³/mol. The van der Waals surface area contributed by atoms with Crippen LogP contribution < -0.4 is 5.32 Å². The number of anilines is 1. The number of benzene rings is 3. The van der Waals surface area contributed by atoms with E-state index >= 15 is 0 Å². The van der Waals surface area contributed by atoms with Crippen LogP contribution in [0.3, 0.4) is 0 Å². The first kappa shape index (κ1) is 19.9. The van der Waals surface area contributed by atoms with Crippen LogP contribution in [0.4, 0.5) is 27.6 Å². The van der Waals surface area contributed by atoms with Gasteiger partial charge in [0.15, 0.2) is 23.3 Å². The van der Waals surface area contributed by atoms with E-state index in [1.54, 1.807) is 60.7 Å². The number of carbonyl (C=O) groups is 1. The minimum absolute atomic E-state index is 0.498. The summed E-state index contributed by atoms with van der Waals surface area (Å²) in [6.07, 6.45) is 0. The molecule has 0 aromatic heterocycles. The lowest BCUT2D eigenvalue weighted by molar-refractivity contribution is -0.115. The van der Waals surface area contributed by atoms with E-state index in [1.807, 2.05) is 5.32 Å². The largest absolute Gasteiger partial charge is 0.320 e. The number of carbonyl (C=O) groups excluding carboxylic acids is 1. The molecule has 144 valence electrons. The van der Waals surface area contributed by atoms with Gasteiger partial charge in [0.2, 0.25) is 11.7 Å². The van der Waals surface area contributed by atoms with E-state index in [0.29, 0.717) is 10.5 Å². The summed E-state index contributed by atoms with van der Waals surface area (Å²) in [5.74, 6) is -11.7. The topological polar surface area (TPSA) is 29.1 Å². The van der Waals surface area contributed by atoms with Gasteiger partial charge in [0.05, 0.1) is 0 Å². The molecule has 3 aromatic rings. The van der Waals surface area contributed by atoms with Crippen LogP contribution >= 0.6 is 11.8 Å². The van der Waals surface area contributed by atoms with Crippen LogP contribution in [0.5, 0.6) is 0 Å². The molecule has 0 aliphatic carbocycles. The molecule has 3 aromatic carbocycles. The molecule has 0 bridgehead atoms. The van der Waals surface area contributed by atoms with Crippen molar-refractivity contribution in [2.45, 2.75) is 10.1 Å². The standard InChI is InChI=1S/C20H12F5NOS/c21-13-14(22)16(24)18(17(25)15(13)23)26-20(27)19(11-7-3-1-4-8-11)28-12-9-5-2-6-10-12/h1-10,19H,(H,26,27)/t19-/m1/s1. The molecule has 1 N–H and O–H groups in total. The highest BCUT2D eigenvalue weighted by molar-refractivity contribution is 8.00. The molecule has 0 saturated carbocycles.